The average Bonchev–Trinajstić information content (AvgIpc) is 2.74. The molecule has 554 valence electrons. The van der Waals surface area contributed by atoms with Gasteiger partial charge < -0.3 is 27.9 Å². The molecule has 0 radical (unpaired) electrons. The normalized spacial score (nSPS) is 13.7. The summed E-state index contributed by atoms with van der Waals surface area (Å²) in [5.74, 6) is -0.819. The third-order valence-electron chi connectivity index (χ3n) is 17.5. The molecule has 10 heteroatoms. The van der Waals surface area contributed by atoms with Gasteiger partial charge in [-0.15, -0.1) is 0 Å². The number of phosphoric acid groups is 1. The van der Waals surface area contributed by atoms with Gasteiger partial charge in [0.15, 0.2) is 6.10 Å². The van der Waals surface area contributed by atoms with E-state index in [4.69, 9.17) is 18.5 Å². The molecule has 0 rings (SSSR count). The molecule has 9 nitrogen and oxygen atoms in total. The van der Waals surface area contributed by atoms with Gasteiger partial charge in [-0.1, -0.05) is 367 Å². The van der Waals surface area contributed by atoms with Crippen LogP contribution in [0.25, 0.3) is 0 Å². The van der Waals surface area contributed by atoms with Crippen LogP contribution in [0, 0.1) is 0 Å². The molecule has 0 aromatic heterocycles. The van der Waals surface area contributed by atoms with Crippen LogP contribution in [0.3, 0.4) is 0 Å². The van der Waals surface area contributed by atoms with Gasteiger partial charge >= 0.3 is 11.9 Å². The lowest BCUT2D eigenvalue weighted by Gasteiger charge is -2.28. The van der Waals surface area contributed by atoms with E-state index in [2.05, 4.69) is 135 Å². The van der Waals surface area contributed by atoms with Gasteiger partial charge in [-0.25, -0.2) is 0 Å². The number of carbonyl (C=O) groups excluding carboxylic acids is 2. The van der Waals surface area contributed by atoms with Gasteiger partial charge in [0.05, 0.1) is 27.7 Å². The molecule has 0 bridgehead atoms. The third kappa shape index (κ3) is 79.4. The van der Waals surface area contributed by atoms with Crippen LogP contribution in [0.15, 0.2) is 122 Å². The topological polar surface area (TPSA) is 111 Å². The van der Waals surface area contributed by atoms with Gasteiger partial charge in [0.1, 0.15) is 19.8 Å². The molecule has 0 amide bonds. The van der Waals surface area contributed by atoms with Gasteiger partial charge in [0.25, 0.3) is 7.82 Å². The highest BCUT2D eigenvalue weighted by molar-refractivity contribution is 7.45. The first kappa shape index (κ1) is 92.4. The first-order valence-electron chi connectivity index (χ1n) is 40.2. The summed E-state index contributed by atoms with van der Waals surface area (Å²) < 4.78 is 34.4. The first-order valence-corrected chi connectivity index (χ1v) is 41.7. The van der Waals surface area contributed by atoms with Gasteiger partial charge in [-0.3, -0.25) is 14.2 Å². The van der Waals surface area contributed by atoms with Crippen LogP contribution in [-0.4, -0.2) is 70.0 Å². The second-order valence-electron chi connectivity index (χ2n) is 28.0. The van der Waals surface area contributed by atoms with Crippen molar-refractivity contribution in [3.8, 4) is 0 Å². The number of allylic oxidation sites excluding steroid dienone is 20. The summed E-state index contributed by atoms with van der Waals surface area (Å²) in [5, 5.41) is 0. The van der Waals surface area contributed by atoms with Crippen LogP contribution in [0.2, 0.25) is 0 Å². The summed E-state index contributed by atoms with van der Waals surface area (Å²) in [7, 11) is 1.17. The summed E-state index contributed by atoms with van der Waals surface area (Å²) in [6.45, 7) is 4.06. The number of nitrogens with zero attached hydrogens (tertiary/aromatic N) is 1. The van der Waals surface area contributed by atoms with Gasteiger partial charge in [0, 0.05) is 12.8 Å². The Labute approximate surface area is 594 Å². The molecule has 0 aromatic rings. The minimum atomic E-state index is -4.65. The molecule has 0 fully saturated rings. The quantitative estimate of drug-likeness (QED) is 0.0195. The predicted molar refractivity (Wildman–Crippen MR) is 415 cm³/mol. The van der Waals surface area contributed by atoms with E-state index < -0.39 is 26.5 Å². The average molecular weight is 1360 g/mol. The number of hydrogen-bond donors (Lipinski definition) is 0. The monoisotopic (exact) mass is 1360 g/mol. The van der Waals surface area contributed by atoms with Crippen LogP contribution in [-0.2, 0) is 32.7 Å². The van der Waals surface area contributed by atoms with Crippen molar-refractivity contribution in [2.45, 2.75) is 367 Å². The van der Waals surface area contributed by atoms with Crippen LogP contribution >= 0.6 is 7.82 Å². The zero-order valence-electron chi connectivity index (χ0n) is 63.3. The number of carbonyl (C=O) groups is 2. The minimum absolute atomic E-state index is 0.0322. The lowest BCUT2D eigenvalue weighted by Crippen LogP contribution is -2.37. The largest absolute Gasteiger partial charge is 0.756 e. The SMILES string of the molecule is CC/C=C\C/C=C\C/C=C\C/C=C\C/C=C\C/C=C\CCCCCCCCCCCCCCCCCCC(=O)OC(COC(=O)CCCCCCCCCCCCCCCCCCCCCCCCCC/C=C\C/C=C\C/C=C\C/C=C\CC)COP(=O)([O-])OCC[N+](C)(C)C. The Morgan fingerprint density at radius 1 is 0.323 bits per heavy atom. The standard InChI is InChI=1S/C86H152NO8P/c1-6-8-10-12-14-16-18-20-22-24-26-28-30-32-34-36-38-40-42-43-45-46-48-50-52-54-56-58-60-62-64-66-68-70-72-74-76-78-85(88)92-82-84(83-94-96(90,91)93-81-80-87(3,4)5)95-86(89)79-77-75-73-71-69-67-65-63-61-59-57-55-53-51-49-47-44-41-39-37-35-33-31-29-27-25-23-21-19-17-15-13-11-9-7-2/h8-11,14-17,20-23,26-29,33,35,39,41,84H,6-7,12-13,18-19,24-25,30-32,34,36-38,40,42-83H2,1-5H3/b10-8-,11-9-,16-14-,17-15-,22-20-,23-21-,28-26-,29-27-,35-33-,41-39-. The number of unbranched alkanes of at least 4 members (excludes halogenated alkanes) is 40. The molecule has 2 atom stereocenters. The maximum Gasteiger partial charge on any atom is 0.306 e. The van der Waals surface area contributed by atoms with Crippen LogP contribution < -0.4 is 4.89 Å². The van der Waals surface area contributed by atoms with E-state index in [0.29, 0.717) is 17.4 Å². The van der Waals surface area contributed by atoms with Crippen molar-refractivity contribution in [2.75, 3.05) is 47.5 Å². The maximum absolute atomic E-state index is 12.9. The molecule has 0 aliphatic rings. The molecule has 0 N–H and O–H groups in total. The molecule has 0 aliphatic heterocycles. The number of ether oxygens (including phenoxy) is 2. The Kier molecular flexibility index (Phi) is 72.8. The van der Waals surface area contributed by atoms with Crippen LogP contribution in [0.4, 0.5) is 0 Å². The van der Waals surface area contributed by atoms with E-state index in [9.17, 15) is 19.0 Å². The first-order chi connectivity index (χ1) is 47.0. The highest BCUT2D eigenvalue weighted by Crippen LogP contribution is 2.38. The number of phosphoric ester groups is 1. The zero-order valence-corrected chi connectivity index (χ0v) is 64.2. The fourth-order valence-electron chi connectivity index (χ4n) is 11.4. The maximum atomic E-state index is 12.9. The van der Waals surface area contributed by atoms with E-state index in [0.717, 1.165) is 103 Å². The van der Waals surface area contributed by atoms with E-state index >= 15 is 0 Å². The molecule has 0 spiro atoms. The second-order valence-corrected chi connectivity index (χ2v) is 29.4. The van der Waals surface area contributed by atoms with Crippen LogP contribution in [0.5, 0.6) is 0 Å². The van der Waals surface area contributed by atoms with Crippen molar-refractivity contribution in [1.82, 2.24) is 0 Å². The highest BCUT2D eigenvalue weighted by Gasteiger charge is 2.22. The molecule has 0 saturated carbocycles. The molecule has 96 heavy (non-hydrogen) atoms. The molecule has 2 unspecified atom stereocenters. The van der Waals surface area contributed by atoms with Gasteiger partial charge in [-0.05, 0) is 103 Å². The summed E-state index contributed by atoms with van der Waals surface area (Å²) in [6.07, 6.45) is 109. The van der Waals surface area contributed by atoms with Crippen molar-refractivity contribution in [1.29, 1.82) is 0 Å². The summed E-state index contributed by atoms with van der Waals surface area (Å²) >= 11 is 0. The zero-order chi connectivity index (χ0) is 69.7. The molecular weight excluding hydrogens is 1210 g/mol. The number of quaternary nitrogens is 1. The summed E-state index contributed by atoms with van der Waals surface area (Å²) in [4.78, 5) is 38.2. The molecule has 0 heterocycles. The van der Waals surface area contributed by atoms with E-state index in [1.807, 2.05) is 21.1 Å². The highest BCUT2D eigenvalue weighted by atomic mass is 31.2. The third-order valence-corrected chi connectivity index (χ3v) is 18.4. The summed E-state index contributed by atoms with van der Waals surface area (Å²) in [6, 6.07) is 0. The summed E-state index contributed by atoms with van der Waals surface area (Å²) in [5.41, 5.74) is 0. The molecular formula is C86H152NO8P. The van der Waals surface area contributed by atoms with Gasteiger partial charge in [0.2, 0.25) is 0 Å². The van der Waals surface area contributed by atoms with Crippen molar-refractivity contribution < 1.29 is 42.1 Å². The van der Waals surface area contributed by atoms with E-state index in [1.54, 1.807) is 0 Å². The lowest BCUT2D eigenvalue weighted by atomic mass is 10.0. The number of esters is 2. The minimum Gasteiger partial charge on any atom is -0.756 e. The smallest absolute Gasteiger partial charge is 0.306 e. The fraction of sp³-hybridized carbons (Fsp3) is 0.744. The van der Waals surface area contributed by atoms with E-state index in [1.165, 1.54) is 225 Å². The Hall–Kier alpha value is -3.59. The van der Waals surface area contributed by atoms with Crippen molar-refractivity contribution in [3.63, 3.8) is 0 Å². The van der Waals surface area contributed by atoms with Crippen molar-refractivity contribution >= 4 is 19.8 Å². The van der Waals surface area contributed by atoms with E-state index in [-0.39, 0.29) is 32.0 Å². The van der Waals surface area contributed by atoms with Gasteiger partial charge in [-0.2, -0.15) is 0 Å². The lowest BCUT2D eigenvalue weighted by molar-refractivity contribution is -0.870. The Balaban J connectivity index is 3.94. The number of likely N-dealkylation sites (N-methyl/N-ethyl adjacent to an activating group) is 1. The Morgan fingerprint density at radius 2 is 0.562 bits per heavy atom. The van der Waals surface area contributed by atoms with Crippen molar-refractivity contribution in [3.05, 3.63) is 122 Å². The van der Waals surface area contributed by atoms with Crippen molar-refractivity contribution in [2.24, 2.45) is 0 Å². The fourth-order valence-corrected chi connectivity index (χ4v) is 12.2. The van der Waals surface area contributed by atoms with Crippen LogP contribution in [0.1, 0.15) is 361 Å². The Morgan fingerprint density at radius 3 is 0.833 bits per heavy atom. The molecule has 0 aromatic carbocycles. The molecule has 0 aliphatic carbocycles. The number of hydrogen-bond acceptors (Lipinski definition) is 8. The Bertz CT molecular complexity index is 2040. The molecule has 0 saturated heterocycles. The predicted octanol–water partition coefficient (Wildman–Crippen LogP) is 26.3. The second kappa shape index (κ2) is 75.6. The number of rotatable bonds is 74.